The lowest BCUT2D eigenvalue weighted by atomic mass is 10.1. The number of amides is 1. The Morgan fingerprint density at radius 1 is 1.18 bits per heavy atom. The molecule has 0 spiro atoms. The van der Waals surface area contributed by atoms with Gasteiger partial charge in [0.1, 0.15) is 0 Å². The second-order valence-electron chi connectivity index (χ2n) is 6.33. The minimum atomic E-state index is -0.250. The van der Waals surface area contributed by atoms with Crippen molar-refractivity contribution >= 4 is 17.7 Å². The number of anilines is 1. The van der Waals surface area contributed by atoms with E-state index in [2.05, 4.69) is 10.4 Å². The predicted molar refractivity (Wildman–Crippen MR) is 105 cm³/mol. The van der Waals surface area contributed by atoms with Crippen LogP contribution in [0.2, 0.25) is 0 Å². The minimum absolute atomic E-state index is 0.250. The van der Waals surface area contributed by atoms with Crippen LogP contribution in [0.15, 0.2) is 30.6 Å². The summed E-state index contributed by atoms with van der Waals surface area (Å²) in [6.07, 6.45) is 8.49. The summed E-state index contributed by atoms with van der Waals surface area (Å²) in [5.41, 5.74) is 1.41. The fourth-order valence-electron chi connectivity index (χ4n) is 3.11. The fourth-order valence-corrected chi connectivity index (χ4v) is 3.11. The second kappa shape index (κ2) is 9.27. The highest BCUT2D eigenvalue weighted by molar-refractivity contribution is 6.01. The molecule has 0 radical (unpaired) electrons. The van der Waals surface area contributed by atoms with Gasteiger partial charge in [0.15, 0.2) is 11.5 Å². The van der Waals surface area contributed by atoms with Gasteiger partial charge in [0.25, 0.3) is 0 Å². The molecule has 1 N–H and O–H groups in total. The molecular weight excluding hydrogens is 362 g/mol. The van der Waals surface area contributed by atoms with Crippen LogP contribution in [0.3, 0.4) is 0 Å². The molecule has 1 aliphatic rings. The minimum Gasteiger partial charge on any atom is -0.493 e. The van der Waals surface area contributed by atoms with Gasteiger partial charge in [0, 0.05) is 25.5 Å². The summed E-state index contributed by atoms with van der Waals surface area (Å²) < 4.78 is 23.2. The lowest BCUT2D eigenvalue weighted by Gasteiger charge is -2.22. The van der Waals surface area contributed by atoms with Crippen LogP contribution < -0.4 is 19.5 Å². The van der Waals surface area contributed by atoms with Gasteiger partial charge >= 0.3 is 0 Å². The van der Waals surface area contributed by atoms with Crippen molar-refractivity contribution in [3.8, 4) is 17.2 Å². The van der Waals surface area contributed by atoms with Gasteiger partial charge in [-0.2, -0.15) is 5.10 Å². The van der Waals surface area contributed by atoms with Gasteiger partial charge in [-0.3, -0.25) is 9.48 Å². The van der Waals surface area contributed by atoms with Crippen molar-refractivity contribution in [2.75, 3.05) is 39.9 Å². The van der Waals surface area contributed by atoms with Gasteiger partial charge in [-0.1, -0.05) is 0 Å². The topological polar surface area (TPSA) is 83.8 Å². The van der Waals surface area contributed by atoms with E-state index in [1.54, 1.807) is 45.7 Å². The Bertz CT molecular complexity index is 815. The normalized spacial score (nSPS) is 14.8. The molecule has 1 saturated heterocycles. The molecule has 1 aliphatic heterocycles. The van der Waals surface area contributed by atoms with Gasteiger partial charge < -0.3 is 24.3 Å². The summed E-state index contributed by atoms with van der Waals surface area (Å²) in [5.74, 6) is 1.31. The Morgan fingerprint density at radius 2 is 1.86 bits per heavy atom. The Hall–Kier alpha value is -3.00. The highest BCUT2D eigenvalue weighted by Crippen LogP contribution is 2.38. The van der Waals surface area contributed by atoms with Gasteiger partial charge in [-0.25, -0.2) is 0 Å². The summed E-state index contributed by atoms with van der Waals surface area (Å²) in [6, 6.07) is 3.86. The van der Waals surface area contributed by atoms with Crippen LogP contribution in [0, 0.1) is 0 Å². The van der Waals surface area contributed by atoms with Crippen molar-refractivity contribution in [1.82, 2.24) is 9.78 Å². The predicted octanol–water partition coefficient (Wildman–Crippen LogP) is 2.91. The first-order valence-electron chi connectivity index (χ1n) is 9.05. The lowest BCUT2D eigenvalue weighted by molar-refractivity contribution is -0.111. The molecule has 1 fully saturated rings. The number of hydrogen-bond donors (Lipinski definition) is 1. The zero-order valence-corrected chi connectivity index (χ0v) is 16.3. The molecule has 1 aromatic carbocycles. The summed E-state index contributed by atoms with van der Waals surface area (Å²) in [6.45, 7) is 1.48. The largest absolute Gasteiger partial charge is 0.493 e. The quantitative estimate of drug-likeness (QED) is 0.736. The zero-order valence-electron chi connectivity index (χ0n) is 16.3. The van der Waals surface area contributed by atoms with Crippen LogP contribution in [-0.2, 0) is 9.53 Å². The number of benzene rings is 1. The Kier molecular flexibility index (Phi) is 6.54. The molecule has 8 nitrogen and oxygen atoms in total. The Labute approximate surface area is 164 Å². The van der Waals surface area contributed by atoms with Gasteiger partial charge in [-0.15, -0.1) is 0 Å². The van der Waals surface area contributed by atoms with E-state index in [1.165, 1.54) is 6.08 Å². The highest BCUT2D eigenvalue weighted by Gasteiger charge is 2.17. The van der Waals surface area contributed by atoms with Crippen LogP contribution in [0.25, 0.3) is 6.08 Å². The number of ether oxygens (including phenoxy) is 4. The summed E-state index contributed by atoms with van der Waals surface area (Å²) >= 11 is 0. The smallest absolute Gasteiger partial charge is 0.248 e. The van der Waals surface area contributed by atoms with E-state index in [1.807, 2.05) is 10.9 Å². The number of rotatable bonds is 7. The molecule has 0 bridgehead atoms. The number of methoxy groups -OCH3 is 3. The van der Waals surface area contributed by atoms with Crippen LogP contribution >= 0.6 is 0 Å². The maximum atomic E-state index is 12.3. The van der Waals surface area contributed by atoms with E-state index in [4.69, 9.17) is 18.9 Å². The first kappa shape index (κ1) is 19.8. The maximum absolute atomic E-state index is 12.3. The first-order chi connectivity index (χ1) is 13.6. The highest BCUT2D eigenvalue weighted by atomic mass is 16.5. The zero-order chi connectivity index (χ0) is 19.9. The van der Waals surface area contributed by atoms with Gasteiger partial charge in [-0.05, 0) is 36.6 Å². The number of carbonyl (C=O) groups excluding carboxylic acids is 1. The van der Waals surface area contributed by atoms with Gasteiger partial charge in [0.05, 0.1) is 39.3 Å². The SMILES string of the molecule is COc1cc(/C=C/C(=O)Nc2cnn(C3CCOCC3)c2)cc(OC)c1OC. The summed E-state index contributed by atoms with van der Waals surface area (Å²) in [7, 11) is 4.64. The van der Waals surface area contributed by atoms with Crippen LogP contribution in [-0.4, -0.2) is 50.2 Å². The van der Waals surface area contributed by atoms with E-state index in [9.17, 15) is 4.79 Å². The van der Waals surface area contributed by atoms with E-state index >= 15 is 0 Å². The van der Waals surface area contributed by atoms with Crippen molar-refractivity contribution in [1.29, 1.82) is 0 Å². The molecular formula is C20H25N3O5. The average molecular weight is 387 g/mol. The third kappa shape index (κ3) is 4.64. The molecule has 28 heavy (non-hydrogen) atoms. The molecule has 0 saturated carbocycles. The van der Waals surface area contributed by atoms with Crippen LogP contribution in [0.4, 0.5) is 5.69 Å². The number of carbonyl (C=O) groups is 1. The monoisotopic (exact) mass is 387 g/mol. The lowest BCUT2D eigenvalue weighted by Crippen LogP contribution is -2.19. The van der Waals surface area contributed by atoms with E-state index in [-0.39, 0.29) is 5.91 Å². The molecule has 0 aliphatic carbocycles. The van der Waals surface area contributed by atoms with E-state index in [0.717, 1.165) is 31.6 Å². The standard InChI is InChI=1S/C20H25N3O5/c1-25-17-10-14(11-18(26-2)20(17)27-3)4-5-19(24)22-15-12-21-23(13-15)16-6-8-28-9-7-16/h4-5,10-13,16H,6-9H2,1-3H3,(H,22,24)/b5-4+. The second-order valence-corrected chi connectivity index (χ2v) is 6.33. The number of hydrogen-bond acceptors (Lipinski definition) is 6. The van der Waals surface area contributed by atoms with Crippen LogP contribution in [0.5, 0.6) is 17.2 Å². The maximum Gasteiger partial charge on any atom is 0.248 e. The van der Waals surface area contributed by atoms with Crippen molar-refractivity contribution in [3.63, 3.8) is 0 Å². The molecule has 0 atom stereocenters. The van der Waals surface area contributed by atoms with Crippen molar-refractivity contribution in [2.45, 2.75) is 18.9 Å². The summed E-state index contributed by atoms with van der Waals surface area (Å²) in [5, 5.41) is 7.17. The number of aromatic nitrogens is 2. The first-order valence-corrected chi connectivity index (χ1v) is 9.05. The Balaban J connectivity index is 1.66. The average Bonchev–Trinajstić information content (AvgIpc) is 3.20. The van der Waals surface area contributed by atoms with Crippen molar-refractivity contribution in [3.05, 3.63) is 36.2 Å². The third-order valence-corrected chi connectivity index (χ3v) is 4.55. The molecule has 1 amide bonds. The molecule has 3 rings (SSSR count). The molecule has 2 aromatic rings. The van der Waals surface area contributed by atoms with Gasteiger partial charge in [0.2, 0.25) is 11.7 Å². The molecule has 2 heterocycles. The van der Waals surface area contributed by atoms with Crippen molar-refractivity contribution in [2.24, 2.45) is 0 Å². The number of nitrogens with zero attached hydrogens (tertiary/aromatic N) is 2. The fraction of sp³-hybridized carbons (Fsp3) is 0.400. The summed E-state index contributed by atoms with van der Waals surface area (Å²) in [4.78, 5) is 12.3. The van der Waals surface area contributed by atoms with E-state index < -0.39 is 0 Å². The molecule has 1 aromatic heterocycles. The molecule has 8 heteroatoms. The molecule has 0 unspecified atom stereocenters. The number of nitrogens with one attached hydrogen (secondary N) is 1. The molecule has 150 valence electrons. The third-order valence-electron chi connectivity index (χ3n) is 4.55. The Morgan fingerprint density at radius 3 is 2.46 bits per heavy atom. The van der Waals surface area contributed by atoms with Crippen molar-refractivity contribution < 1.29 is 23.7 Å². The van der Waals surface area contributed by atoms with E-state index in [0.29, 0.717) is 29.0 Å². The van der Waals surface area contributed by atoms with Crippen LogP contribution in [0.1, 0.15) is 24.4 Å².